The Balaban J connectivity index is 2.06. The summed E-state index contributed by atoms with van der Waals surface area (Å²) in [4.78, 5) is 4.16. The van der Waals surface area contributed by atoms with Gasteiger partial charge in [-0.1, -0.05) is 17.3 Å². The van der Waals surface area contributed by atoms with Crippen molar-refractivity contribution >= 4 is 6.01 Å². The summed E-state index contributed by atoms with van der Waals surface area (Å²) < 4.78 is 18.0. The van der Waals surface area contributed by atoms with Crippen LogP contribution in [-0.4, -0.2) is 16.2 Å². The van der Waals surface area contributed by atoms with E-state index in [0.29, 0.717) is 18.3 Å². The predicted octanol–water partition coefficient (Wildman–Crippen LogP) is 2.62. The van der Waals surface area contributed by atoms with Crippen LogP contribution in [0, 0.1) is 5.82 Å². The Bertz CT molecular complexity index is 496. The quantitative estimate of drug-likeness (QED) is 0.885. The minimum Gasteiger partial charge on any atom is -0.336 e. The Kier molecular flexibility index (Phi) is 3.37. The van der Waals surface area contributed by atoms with E-state index in [1.165, 1.54) is 12.1 Å². The summed E-state index contributed by atoms with van der Waals surface area (Å²) in [5, 5.41) is 6.83. The van der Waals surface area contributed by atoms with Crippen LogP contribution in [0.4, 0.5) is 10.4 Å². The van der Waals surface area contributed by atoms with Gasteiger partial charge in [0.2, 0.25) is 0 Å². The average molecular weight is 235 g/mol. The summed E-state index contributed by atoms with van der Waals surface area (Å²) in [5.74, 6) is 0.283. The zero-order chi connectivity index (χ0) is 12.3. The number of nitrogens with zero attached hydrogens (tertiary/aromatic N) is 2. The molecular weight excluding hydrogens is 221 g/mol. The van der Waals surface area contributed by atoms with Gasteiger partial charge in [0, 0.05) is 12.5 Å². The first-order valence-corrected chi connectivity index (χ1v) is 5.47. The molecule has 5 heteroatoms. The van der Waals surface area contributed by atoms with E-state index in [0.717, 1.165) is 5.56 Å². The van der Waals surface area contributed by atoms with Gasteiger partial charge in [-0.05, 0) is 31.5 Å². The van der Waals surface area contributed by atoms with Crippen LogP contribution in [0.5, 0.6) is 0 Å². The van der Waals surface area contributed by atoms with Crippen molar-refractivity contribution in [3.8, 4) is 0 Å². The van der Waals surface area contributed by atoms with E-state index in [1.54, 1.807) is 6.07 Å². The lowest BCUT2D eigenvalue weighted by Crippen LogP contribution is -2.09. The van der Waals surface area contributed by atoms with Crippen molar-refractivity contribution in [3.63, 3.8) is 0 Å². The van der Waals surface area contributed by atoms with E-state index in [4.69, 9.17) is 4.52 Å². The van der Waals surface area contributed by atoms with Gasteiger partial charge in [0.15, 0.2) is 5.82 Å². The molecular formula is C12H14FN3O. The summed E-state index contributed by atoms with van der Waals surface area (Å²) in [5.41, 5.74) is 0.821. The lowest BCUT2D eigenvalue weighted by Gasteiger charge is -2.01. The highest BCUT2D eigenvalue weighted by molar-refractivity contribution is 5.23. The molecule has 0 aliphatic rings. The number of hydrogen-bond donors (Lipinski definition) is 1. The zero-order valence-corrected chi connectivity index (χ0v) is 9.77. The smallest absolute Gasteiger partial charge is 0.321 e. The molecule has 0 atom stereocenters. The fourth-order valence-corrected chi connectivity index (χ4v) is 1.46. The number of rotatable bonds is 4. The van der Waals surface area contributed by atoms with Crippen molar-refractivity contribution in [2.45, 2.75) is 26.3 Å². The van der Waals surface area contributed by atoms with Crippen molar-refractivity contribution < 1.29 is 8.91 Å². The molecule has 90 valence electrons. The van der Waals surface area contributed by atoms with Crippen molar-refractivity contribution in [1.82, 2.24) is 10.1 Å². The lowest BCUT2D eigenvalue weighted by atomic mass is 10.1. The maximum atomic E-state index is 13.0. The second-order valence-corrected chi connectivity index (χ2v) is 4.12. The molecule has 1 aromatic heterocycles. The number of anilines is 1. The van der Waals surface area contributed by atoms with Gasteiger partial charge in [-0.25, -0.2) is 4.39 Å². The normalized spacial score (nSPS) is 10.8. The molecule has 2 rings (SSSR count). The minimum atomic E-state index is -0.258. The van der Waals surface area contributed by atoms with E-state index in [2.05, 4.69) is 15.5 Å². The standard InChI is InChI=1S/C12H14FN3O/c1-8(2)14-12-15-11(16-17-12)7-9-4-3-5-10(13)6-9/h3-6,8H,7H2,1-2H3,(H,14,15,16). The molecule has 0 aliphatic carbocycles. The van der Waals surface area contributed by atoms with Crippen LogP contribution in [-0.2, 0) is 6.42 Å². The van der Waals surface area contributed by atoms with E-state index < -0.39 is 0 Å². The number of halogens is 1. The van der Waals surface area contributed by atoms with Crippen molar-refractivity contribution in [2.75, 3.05) is 5.32 Å². The molecule has 17 heavy (non-hydrogen) atoms. The van der Waals surface area contributed by atoms with Crippen LogP contribution < -0.4 is 5.32 Å². The van der Waals surface area contributed by atoms with Crippen LogP contribution in [0.25, 0.3) is 0 Å². The maximum absolute atomic E-state index is 13.0. The lowest BCUT2D eigenvalue weighted by molar-refractivity contribution is 0.421. The van der Waals surface area contributed by atoms with Crippen LogP contribution in [0.3, 0.4) is 0 Å². The first-order chi connectivity index (χ1) is 8.13. The van der Waals surface area contributed by atoms with Gasteiger partial charge >= 0.3 is 6.01 Å². The van der Waals surface area contributed by atoms with Gasteiger partial charge in [-0.15, -0.1) is 0 Å². The van der Waals surface area contributed by atoms with Crippen LogP contribution in [0.15, 0.2) is 28.8 Å². The van der Waals surface area contributed by atoms with E-state index in [1.807, 2.05) is 19.9 Å². The largest absolute Gasteiger partial charge is 0.336 e. The van der Waals surface area contributed by atoms with Crippen LogP contribution >= 0.6 is 0 Å². The minimum absolute atomic E-state index is 0.234. The maximum Gasteiger partial charge on any atom is 0.321 e. The molecule has 0 saturated carbocycles. The van der Waals surface area contributed by atoms with E-state index in [-0.39, 0.29) is 11.9 Å². The first-order valence-electron chi connectivity index (χ1n) is 5.47. The summed E-state index contributed by atoms with van der Waals surface area (Å²) >= 11 is 0. The Hall–Kier alpha value is -1.91. The van der Waals surface area contributed by atoms with E-state index in [9.17, 15) is 4.39 Å². The number of benzene rings is 1. The van der Waals surface area contributed by atoms with Crippen molar-refractivity contribution in [2.24, 2.45) is 0 Å². The number of nitrogens with one attached hydrogen (secondary N) is 1. The topological polar surface area (TPSA) is 51.0 Å². The molecule has 0 aliphatic heterocycles. The number of aromatic nitrogens is 2. The Morgan fingerprint density at radius 2 is 2.24 bits per heavy atom. The van der Waals surface area contributed by atoms with E-state index >= 15 is 0 Å². The highest BCUT2D eigenvalue weighted by Gasteiger charge is 2.07. The molecule has 1 heterocycles. The first kappa shape index (κ1) is 11.6. The average Bonchev–Trinajstić information content (AvgIpc) is 2.64. The number of hydrogen-bond acceptors (Lipinski definition) is 4. The molecule has 0 bridgehead atoms. The second-order valence-electron chi connectivity index (χ2n) is 4.12. The monoisotopic (exact) mass is 235 g/mol. The third-order valence-corrected chi connectivity index (χ3v) is 2.13. The Morgan fingerprint density at radius 1 is 1.41 bits per heavy atom. The predicted molar refractivity (Wildman–Crippen MR) is 62.3 cm³/mol. The Morgan fingerprint density at radius 3 is 2.94 bits per heavy atom. The molecule has 1 N–H and O–H groups in total. The molecule has 1 aromatic carbocycles. The van der Waals surface area contributed by atoms with Crippen molar-refractivity contribution in [3.05, 3.63) is 41.5 Å². The van der Waals surface area contributed by atoms with Gasteiger partial charge in [0.05, 0.1) is 0 Å². The second kappa shape index (κ2) is 4.95. The summed E-state index contributed by atoms with van der Waals surface area (Å²) in [6.45, 7) is 3.97. The molecule has 0 amide bonds. The summed E-state index contributed by atoms with van der Waals surface area (Å²) in [7, 11) is 0. The Labute approximate surface area is 98.8 Å². The molecule has 0 radical (unpaired) electrons. The van der Waals surface area contributed by atoms with Crippen LogP contribution in [0.2, 0.25) is 0 Å². The molecule has 0 saturated heterocycles. The van der Waals surface area contributed by atoms with Gasteiger partial charge in [-0.3, -0.25) is 0 Å². The van der Waals surface area contributed by atoms with Crippen molar-refractivity contribution in [1.29, 1.82) is 0 Å². The summed E-state index contributed by atoms with van der Waals surface area (Å²) in [6.07, 6.45) is 0.459. The highest BCUT2D eigenvalue weighted by Crippen LogP contribution is 2.11. The zero-order valence-electron chi connectivity index (χ0n) is 9.77. The molecule has 0 spiro atoms. The van der Waals surface area contributed by atoms with Gasteiger partial charge in [0.25, 0.3) is 0 Å². The fraction of sp³-hybridized carbons (Fsp3) is 0.333. The third-order valence-electron chi connectivity index (χ3n) is 2.13. The fourth-order valence-electron chi connectivity index (χ4n) is 1.46. The molecule has 4 nitrogen and oxygen atoms in total. The highest BCUT2D eigenvalue weighted by atomic mass is 19.1. The van der Waals surface area contributed by atoms with Gasteiger partial charge < -0.3 is 9.84 Å². The third kappa shape index (κ3) is 3.27. The summed E-state index contributed by atoms with van der Waals surface area (Å²) in [6, 6.07) is 6.99. The molecule has 2 aromatic rings. The SMILES string of the molecule is CC(C)Nc1nc(Cc2cccc(F)c2)no1. The molecule has 0 fully saturated rings. The molecule has 0 unspecified atom stereocenters. The van der Waals surface area contributed by atoms with Crippen LogP contribution in [0.1, 0.15) is 25.2 Å². The van der Waals surface area contributed by atoms with Gasteiger partial charge in [-0.2, -0.15) is 4.98 Å². The van der Waals surface area contributed by atoms with Gasteiger partial charge in [0.1, 0.15) is 5.82 Å².